The predicted octanol–water partition coefficient (Wildman–Crippen LogP) is 2.38. The number of benzene rings is 1. The highest BCUT2D eigenvalue weighted by molar-refractivity contribution is 5.83. The minimum atomic E-state index is -1.13. The molecule has 1 aromatic carbocycles. The summed E-state index contributed by atoms with van der Waals surface area (Å²) in [6, 6.07) is 8.29. The van der Waals surface area contributed by atoms with Crippen LogP contribution >= 0.6 is 0 Å². The van der Waals surface area contributed by atoms with Crippen molar-refractivity contribution in [2.75, 3.05) is 31.6 Å². The van der Waals surface area contributed by atoms with Gasteiger partial charge in [0, 0.05) is 20.1 Å². The van der Waals surface area contributed by atoms with Crippen molar-refractivity contribution in [2.45, 2.75) is 32.2 Å². The third-order valence-corrected chi connectivity index (χ3v) is 4.58. The molecule has 2 aromatic rings. The van der Waals surface area contributed by atoms with E-state index >= 15 is 0 Å². The van der Waals surface area contributed by atoms with Gasteiger partial charge in [0.25, 0.3) is 5.82 Å². The number of aromatic nitrogens is 3. The third kappa shape index (κ3) is 5.68. The number of nitrogens with one attached hydrogen (secondary N) is 1. The molecule has 3 rings (SSSR count). The van der Waals surface area contributed by atoms with Crippen LogP contribution in [0.5, 0.6) is 5.75 Å². The first-order valence-corrected chi connectivity index (χ1v) is 9.44. The number of carboxylic acids is 1. The zero-order chi connectivity index (χ0) is 19.1. The molecule has 0 saturated carbocycles. The maximum atomic E-state index is 10.9. The maximum Gasteiger partial charge on any atom is 0.375 e. The van der Waals surface area contributed by atoms with Crippen LogP contribution < -0.4 is 10.1 Å². The predicted molar refractivity (Wildman–Crippen MR) is 102 cm³/mol. The number of anilines is 1. The second-order valence-corrected chi connectivity index (χ2v) is 6.80. The van der Waals surface area contributed by atoms with Gasteiger partial charge in [0.05, 0.1) is 6.61 Å². The van der Waals surface area contributed by atoms with Crippen LogP contribution in [0.3, 0.4) is 0 Å². The Balaban J connectivity index is 1.40. The second kappa shape index (κ2) is 9.36. The highest BCUT2D eigenvalue weighted by Gasteiger charge is 2.13. The topological polar surface area (TPSA) is 92.5 Å². The first-order valence-electron chi connectivity index (χ1n) is 9.44. The first-order chi connectivity index (χ1) is 13.1. The lowest BCUT2D eigenvalue weighted by Crippen LogP contribution is -2.29. The van der Waals surface area contributed by atoms with E-state index in [0.29, 0.717) is 19.1 Å². The molecule has 1 fully saturated rings. The fourth-order valence-corrected chi connectivity index (χ4v) is 3.20. The molecular formula is C19H27N5O3. The monoisotopic (exact) mass is 373 g/mol. The molecule has 2 N–H and O–H groups in total. The zero-order valence-electron chi connectivity index (χ0n) is 15.7. The summed E-state index contributed by atoms with van der Waals surface area (Å²) in [5.41, 5.74) is 1.29. The van der Waals surface area contributed by atoms with Crippen LogP contribution in [-0.2, 0) is 13.6 Å². The Bertz CT molecular complexity index is 756. The largest absolute Gasteiger partial charge is 0.494 e. The van der Waals surface area contributed by atoms with Gasteiger partial charge in [0.15, 0.2) is 0 Å². The van der Waals surface area contributed by atoms with Gasteiger partial charge >= 0.3 is 5.97 Å². The van der Waals surface area contributed by atoms with Crippen LogP contribution in [-0.4, -0.2) is 57.0 Å². The van der Waals surface area contributed by atoms with Crippen LogP contribution in [0.4, 0.5) is 5.95 Å². The van der Waals surface area contributed by atoms with Crippen molar-refractivity contribution < 1.29 is 14.6 Å². The van der Waals surface area contributed by atoms with Gasteiger partial charge in [-0.1, -0.05) is 18.6 Å². The quantitative estimate of drug-likeness (QED) is 0.652. The smallest absolute Gasteiger partial charge is 0.375 e. The fourth-order valence-electron chi connectivity index (χ4n) is 3.20. The maximum absolute atomic E-state index is 10.9. The standard InChI is InChI=1S/C19H27N5O3/c1-23-19(21-17(22-23)18(25)26)20-9-6-12-27-16-8-5-7-15(13-16)14-24-10-3-2-4-11-24/h5,7-8,13H,2-4,6,9-12,14H2,1H3,(H,25,26)(H,20,21,22). The number of hydrogen-bond donors (Lipinski definition) is 2. The molecule has 1 aromatic heterocycles. The van der Waals surface area contributed by atoms with E-state index in [4.69, 9.17) is 9.84 Å². The zero-order valence-corrected chi connectivity index (χ0v) is 15.7. The van der Waals surface area contributed by atoms with Crippen molar-refractivity contribution >= 4 is 11.9 Å². The molecule has 1 saturated heterocycles. The lowest BCUT2D eigenvalue weighted by atomic mass is 10.1. The molecule has 0 unspecified atom stereocenters. The van der Waals surface area contributed by atoms with Crippen molar-refractivity contribution in [3.8, 4) is 5.75 Å². The van der Waals surface area contributed by atoms with E-state index in [1.165, 1.54) is 42.6 Å². The van der Waals surface area contributed by atoms with E-state index in [-0.39, 0.29) is 5.82 Å². The Hall–Kier alpha value is -2.61. The molecule has 0 radical (unpaired) electrons. The average Bonchev–Trinajstić information content (AvgIpc) is 3.04. The summed E-state index contributed by atoms with van der Waals surface area (Å²) in [5.74, 6) is -0.0135. The molecule has 0 aliphatic carbocycles. The molecule has 0 amide bonds. The molecule has 1 aliphatic rings. The number of likely N-dealkylation sites (tertiary alicyclic amines) is 1. The van der Waals surface area contributed by atoms with Crippen molar-refractivity contribution in [1.29, 1.82) is 0 Å². The Kier molecular flexibility index (Phi) is 6.64. The highest BCUT2D eigenvalue weighted by Crippen LogP contribution is 2.17. The van der Waals surface area contributed by atoms with E-state index in [9.17, 15) is 4.79 Å². The van der Waals surface area contributed by atoms with Crippen molar-refractivity contribution in [3.05, 3.63) is 35.7 Å². The number of aromatic carboxylic acids is 1. The molecule has 0 bridgehead atoms. The van der Waals surface area contributed by atoms with Gasteiger partial charge in [0.2, 0.25) is 5.95 Å². The van der Waals surface area contributed by atoms with Crippen LogP contribution in [0.15, 0.2) is 24.3 Å². The summed E-state index contributed by atoms with van der Waals surface area (Å²) in [6.45, 7) is 4.55. The number of piperidine rings is 1. The molecule has 8 nitrogen and oxygen atoms in total. The lowest BCUT2D eigenvalue weighted by molar-refractivity contribution is 0.0683. The summed E-state index contributed by atoms with van der Waals surface area (Å²) < 4.78 is 7.28. The fraction of sp³-hybridized carbons (Fsp3) is 0.526. The molecular weight excluding hydrogens is 346 g/mol. The van der Waals surface area contributed by atoms with Gasteiger partial charge in [0.1, 0.15) is 5.75 Å². The molecule has 2 heterocycles. The average molecular weight is 373 g/mol. The number of nitrogens with zero attached hydrogens (tertiary/aromatic N) is 4. The summed E-state index contributed by atoms with van der Waals surface area (Å²) in [4.78, 5) is 17.3. The van der Waals surface area contributed by atoms with Crippen LogP contribution in [0.25, 0.3) is 0 Å². The van der Waals surface area contributed by atoms with Gasteiger partial charge in [-0.3, -0.25) is 4.90 Å². The van der Waals surface area contributed by atoms with E-state index in [1.54, 1.807) is 7.05 Å². The Morgan fingerprint density at radius 2 is 2.11 bits per heavy atom. The van der Waals surface area contributed by atoms with E-state index in [0.717, 1.165) is 18.7 Å². The van der Waals surface area contributed by atoms with Crippen molar-refractivity contribution in [3.63, 3.8) is 0 Å². The Morgan fingerprint density at radius 3 is 2.85 bits per heavy atom. The summed E-state index contributed by atoms with van der Waals surface area (Å²) in [5, 5.41) is 15.8. The SMILES string of the molecule is Cn1nc(C(=O)O)nc1NCCCOc1cccc(CN2CCCCC2)c1. The summed E-state index contributed by atoms with van der Waals surface area (Å²) in [6.07, 6.45) is 4.70. The third-order valence-electron chi connectivity index (χ3n) is 4.58. The summed E-state index contributed by atoms with van der Waals surface area (Å²) in [7, 11) is 1.66. The van der Waals surface area contributed by atoms with Gasteiger partial charge in [-0.15, -0.1) is 5.10 Å². The Labute approximate surface area is 159 Å². The second-order valence-electron chi connectivity index (χ2n) is 6.80. The van der Waals surface area contributed by atoms with Crippen LogP contribution in [0.1, 0.15) is 41.9 Å². The van der Waals surface area contributed by atoms with E-state index in [2.05, 4.69) is 32.4 Å². The number of rotatable bonds is 9. The lowest BCUT2D eigenvalue weighted by Gasteiger charge is -2.26. The normalized spacial score (nSPS) is 14.9. The minimum Gasteiger partial charge on any atom is -0.494 e. The molecule has 27 heavy (non-hydrogen) atoms. The Morgan fingerprint density at radius 1 is 1.30 bits per heavy atom. The number of carboxylic acid groups (broad SMARTS) is 1. The molecule has 146 valence electrons. The van der Waals surface area contributed by atoms with Crippen molar-refractivity contribution in [2.24, 2.45) is 7.05 Å². The molecule has 1 aliphatic heterocycles. The van der Waals surface area contributed by atoms with Gasteiger partial charge < -0.3 is 15.2 Å². The van der Waals surface area contributed by atoms with Gasteiger partial charge in [-0.25, -0.2) is 9.48 Å². The highest BCUT2D eigenvalue weighted by atomic mass is 16.5. The molecule has 0 atom stereocenters. The van der Waals surface area contributed by atoms with Crippen LogP contribution in [0.2, 0.25) is 0 Å². The van der Waals surface area contributed by atoms with Gasteiger partial charge in [-0.05, 0) is 50.0 Å². The minimum absolute atomic E-state index is 0.207. The van der Waals surface area contributed by atoms with Gasteiger partial charge in [-0.2, -0.15) is 4.98 Å². The number of hydrogen-bond acceptors (Lipinski definition) is 6. The number of aryl methyl sites for hydroxylation is 1. The molecule has 8 heteroatoms. The first kappa shape index (κ1) is 19.2. The van der Waals surface area contributed by atoms with E-state index < -0.39 is 5.97 Å². The van der Waals surface area contributed by atoms with E-state index in [1.807, 2.05) is 12.1 Å². The number of carbonyl (C=O) groups is 1. The van der Waals surface area contributed by atoms with Crippen LogP contribution in [0, 0.1) is 0 Å². The number of ether oxygens (including phenoxy) is 1. The van der Waals surface area contributed by atoms with Crippen molar-refractivity contribution in [1.82, 2.24) is 19.7 Å². The molecule has 0 spiro atoms. The summed E-state index contributed by atoms with van der Waals surface area (Å²) >= 11 is 0.